The molecule has 0 aliphatic carbocycles. The van der Waals surface area contributed by atoms with Gasteiger partial charge in [-0.25, -0.2) is 0 Å². The molecule has 1 saturated heterocycles. The van der Waals surface area contributed by atoms with Gasteiger partial charge in [0.2, 0.25) is 0 Å². The Kier molecular flexibility index (Phi) is 5.30. The summed E-state index contributed by atoms with van der Waals surface area (Å²) < 4.78 is 5.35. The van der Waals surface area contributed by atoms with Crippen molar-refractivity contribution in [3.63, 3.8) is 0 Å². The Balaban J connectivity index is 1.89. The first kappa shape index (κ1) is 14.0. The van der Waals surface area contributed by atoms with Crippen molar-refractivity contribution in [1.29, 1.82) is 0 Å². The highest BCUT2D eigenvalue weighted by Gasteiger charge is 2.12. The van der Waals surface area contributed by atoms with Gasteiger partial charge in [0.25, 0.3) is 0 Å². The van der Waals surface area contributed by atoms with Gasteiger partial charge < -0.3 is 9.64 Å². The molecule has 1 heterocycles. The first-order chi connectivity index (χ1) is 9.33. The van der Waals surface area contributed by atoms with Crippen molar-refractivity contribution >= 4 is 11.4 Å². The zero-order valence-electron chi connectivity index (χ0n) is 11.4. The Bertz CT molecular complexity index is 388. The standard InChI is InChI=1S/C14H21N3O2/c1-2-17(8-7-16-9-11-19-12-10-16)14-5-3-13(15-18)4-6-14/h3-6H,2,7-12H2,1H3. The lowest BCUT2D eigenvalue weighted by atomic mass is 10.2. The van der Waals surface area contributed by atoms with E-state index in [1.807, 2.05) is 12.1 Å². The topological polar surface area (TPSA) is 45.1 Å². The molecule has 0 aromatic heterocycles. The lowest BCUT2D eigenvalue weighted by Crippen LogP contribution is -2.41. The molecule has 0 amide bonds. The second kappa shape index (κ2) is 7.21. The van der Waals surface area contributed by atoms with Crippen molar-refractivity contribution in [3.8, 4) is 0 Å². The summed E-state index contributed by atoms with van der Waals surface area (Å²) in [5.74, 6) is 0. The van der Waals surface area contributed by atoms with Gasteiger partial charge in [-0.3, -0.25) is 4.90 Å². The molecule has 1 aliphatic rings. The molecule has 1 aromatic carbocycles. The fraction of sp³-hybridized carbons (Fsp3) is 0.571. The normalized spacial score (nSPS) is 16.3. The van der Waals surface area contributed by atoms with E-state index in [-0.39, 0.29) is 0 Å². The highest BCUT2D eigenvalue weighted by molar-refractivity contribution is 5.52. The number of rotatable bonds is 6. The fourth-order valence-electron chi connectivity index (χ4n) is 2.28. The van der Waals surface area contributed by atoms with Crippen molar-refractivity contribution in [2.24, 2.45) is 5.18 Å². The van der Waals surface area contributed by atoms with Crippen LogP contribution in [0.4, 0.5) is 11.4 Å². The molecule has 0 saturated carbocycles. The largest absolute Gasteiger partial charge is 0.379 e. The maximum absolute atomic E-state index is 10.4. The van der Waals surface area contributed by atoms with Gasteiger partial charge in [0, 0.05) is 38.4 Å². The number of hydrogen-bond donors (Lipinski definition) is 0. The van der Waals surface area contributed by atoms with Crippen LogP contribution in [-0.4, -0.2) is 50.8 Å². The Labute approximate surface area is 114 Å². The van der Waals surface area contributed by atoms with Gasteiger partial charge in [0.15, 0.2) is 0 Å². The average molecular weight is 263 g/mol. The highest BCUT2D eigenvalue weighted by Crippen LogP contribution is 2.19. The highest BCUT2D eigenvalue weighted by atomic mass is 16.5. The molecule has 0 radical (unpaired) electrons. The summed E-state index contributed by atoms with van der Waals surface area (Å²) in [6.45, 7) is 8.85. The van der Waals surface area contributed by atoms with Crippen LogP contribution in [0, 0.1) is 4.91 Å². The molecule has 1 fully saturated rings. The van der Waals surface area contributed by atoms with Crippen LogP contribution in [0.15, 0.2) is 29.4 Å². The Morgan fingerprint density at radius 2 is 1.95 bits per heavy atom. The molecule has 5 nitrogen and oxygen atoms in total. The number of likely N-dealkylation sites (N-methyl/N-ethyl adjacent to an activating group) is 1. The number of hydrogen-bond acceptors (Lipinski definition) is 5. The summed E-state index contributed by atoms with van der Waals surface area (Å²) in [6, 6.07) is 7.44. The lowest BCUT2D eigenvalue weighted by molar-refractivity contribution is 0.0392. The fourth-order valence-corrected chi connectivity index (χ4v) is 2.28. The van der Waals surface area contributed by atoms with Crippen molar-refractivity contribution in [2.75, 3.05) is 50.8 Å². The van der Waals surface area contributed by atoms with E-state index in [1.165, 1.54) is 0 Å². The number of morpholine rings is 1. The van der Waals surface area contributed by atoms with Gasteiger partial charge in [-0.1, -0.05) is 0 Å². The van der Waals surface area contributed by atoms with E-state index in [9.17, 15) is 4.91 Å². The zero-order valence-corrected chi connectivity index (χ0v) is 11.4. The molecule has 19 heavy (non-hydrogen) atoms. The summed E-state index contributed by atoms with van der Waals surface area (Å²) in [5, 5.41) is 2.93. The molecule has 2 rings (SSSR count). The summed E-state index contributed by atoms with van der Waals surface area (Å²) in [6.07, 6.45) is 0. The molecule has 0 atom stereocenters. The van der Waals surface area contributed by atoms with Crippen LogP contribution in [0.25, 0.3) is 0 Å². The minimum atomic E-state index is 0.480. The number of nitroso groups, excluding NO2 is 1. The van der Waals surface area contributed by atoms with Crippen LogP contribution in [-0.2, 0) is 4.74 Å². The van der Waals surface area contributed by atoms with Gasteiger partial charge in [-0.2, -0.15) is 0 Å². The summed E-state index contributed by atoms with van der Waals surface area (Å²) in [4.78, 5) is 15.1. The van der Waals surface area contributed by atoms with E-state index in [1.54, 1.807) is 12.1 Å². The van der Waals surface area contributed by atoms with Crippen LogP contribution in [0.2, 0.25) is 0 Å². The van der Waals surface area contributed by atoms with Crippen molar-refractivity contribution in [3.05, 3.63) is 29.2 Å². The van der Waals surface area contributed by atoms with Gasteiger partial charge in [-0.05, 0) is 36.4 Å². The van der Waals surface area contributed by atoms with E-state index in [0.717, 1.165) is 51.6 Å². The average Bonchev–Trinajstić information content (AvgIpc) is 2.49. The van der Waals surface area contributed by atoms with Crippen LogP contribution < -0.4 is 4.90 Å². The van der Waals surface area contributed by atoms with Crippen molar-refractivity contribution in [1.82, 2.24) is 4.90 Å². The Morgan fingerprint density at radius 1 is 1.26 bits per heavy atom. The number of ether oxygens (including phenoxy) is 1. The van der Waals surface area contributed by atoms with E-state index in [4.69, 9.17) is 4.74 Å². The minimum Gasteiger partial charge on any atom is -0.379 e. The Hall–Kier alpha value is -1.46. The van der Waals surface area contributed by atoms with E-state index in [2.05, 4.69) is 21.9 Å². The third-order valence-electron chi connectivity index (χ3n) is 3.49. The van der Waals surface area contributed by atoms with Gasteiger partial charge in [0.1, 0.15) is 5.69 Å². The molecule has 1 aliphatic heterocycles. The third kappa shape index (κ3) is 4.01. The molecule has 5 heteroatoms. The first-order valence-electron chi connectivity index (χ1n) is 6.82. The van der Waals surface area contributed by atoms with E-state index >= 15 is 0 Å². The predicted octanol–water partition coefficient (Wildman–Crippen LogP) is 2.24. The van der Waals surface area contributed by atoms with E-state index < -0.39 is 0 Å². The van der Waals surface area contributed by atoms with Crippen LogP contribution in [0.5, 0.6) is 0 Å². The number of anilines is 1. The second-order valence-electron chi connectivity index (χ2n) is 4.64. The maximum atomic E-state index is 10.4. The third-order valence-corrected chi connectivity index (χ3v) is 3.49. The molecule has 0 N–H and O–H groups in total. The van der Waals surface area contributed by atoms with Crippen molar-refractivity contribution in [2.45, 2.75) is 6.92 Å². The summed E-state index contributed by atoms with van der Waals surface area (Å²) >= 11 is 0. The second-order valence-corrected chi connectivity index (χ2v) is 4.64. The molecule has 0 unspecified atom stereocenters. The lowest BCUT2D eigenvalue weighted by Gasteiger charge is -2.30. The van der Waals surface area contributed by atoms with Gasteiger partial charge in [0.05, 0.1) is 13.2 Å². The molecule has 0 spiro atoms. The Morgan fingerprint density at radius 3 is 2.53 bits per heavy atom. The van der Waals surface area contributed by atoms with Gasteiger partial charge >= 0.3 is 0 Å². The minimum absolute atomic E-state index is 0.480. The molecular formula is C14H21N3O2. The zero-order chi connectivity index (χ0) is 13.5. The van der Waals surface area contributed by atoms with Gasteiger partial charge in [-0.15, -0.1) is 4.91 Å². The smallest absolute Gasteiger partial charge is 0.108 e. The molecule has 104 valence electrons. The molecular weight excluding hydrogens is 242 g/mol. The molecule has 0 bridgehead atoms. The monoisotopic (exact) mass is 263 g/mol. The number of benzene rings is 1. The van der Waals surface area contributed by atoms with Crippen LogP contribution in [0.3, 0.4) is 0 Å². The van der Waals surface area contributed by atoms with Crippen molar-refractivity contribution < 1.29 is 4.74 Å². The van der Waals surface area contributed by atoms with Crippen LogP contribution in [0.1, 0.15) is 6.92 Å². The van der Waals surface area contributed by atoms with Crippen LogP contribution >= 0.6 is 0 Å². The van der Waals surface area contributed by atoms with E-state index in [0.29, 0.717) is 5.69 Å². The number of nitrogens with zero attached hydrogens (tertiary/aromatic N) is 3. The SMILES string of the molecule is CCN(CCN1CCOCC1)c1ccc(N=O)cc1. The summed E-state index contributed by atoms with van der Waals surface area (Å²) in [7, 11) is 0. The first-order valence-corrected chi connectivity index (χ1v) is 6.82. The summed E-state index contributed by atoms with van der Waals surface area (Å²) in [5.41, 5.74) is 1.62. The maximum Gasteiger partial charge on any atom is 0.108 e. The quantitative estimate of drug-likeness (QED) is 0.738. The predicted molar refractivity (Wildman–Crippen MR) is 77.0 cm³/mol. The molecule has 1 aromatic rings.